The molecule has 1 aromatic carbocycles. The van der Waals surface area contributed by atoms with Gasteiger partial charge in [-0.05, 0) is 49.3 Å². The molecule has 1 fully saturated rings. The minimum Gasteiger partial charge on any atom is -0.396 e. The Hall–Kier alpha value is -1.06. The molecule has 0 aliphatic carbocycles. The lowest BCUT2D eigenvalue weighted by molar-refractivity contribution is -0.949. The molecule has 0 aromatic heterocycles. The lowest BCUT2D eigenvalue weighted by atomic mass is 10.0. The van der Waals surface area contributed by atoms with E-state index < -0.39 is 34.1 Å². The molecule has 0 bridgehead atoms. The van der Waals surface area contributed by atoms with Crippen LogP contribution in [0.1, 0.15) is 136 Å². The molecule has 1 saturated heterocycles. The summed E-state index contributed by atoms with van der Waals surface area (Å²) in [5.74, 6) is -0.452. The van der Waals surface area contributed by atoms with Crippen LogP contribution >= 0.6 is 18.3 Å². The fourth-order valence-electron chi connectivity index (χ4n) is 6.88. The highest BCUT2D eigenvalue weighted by Gasteiger charge is 2.66. The van der Waals surface area contributed by atoms with Crippen molar-refractivity contribution in [3.05, 3.63) is 35.9 Å². The smallest absolute Gasteiger partial charge is 0.396 e. The number of hydrogen-bond acceptors (Lipinski definition) is 5. The van der Waals surface area contributed by atoms with Crippen molar-refractivity contribution in [2.45, 2.75) is 140 Å². The SMILES string of the molecule is CCCCCCCCCCCCCCCCOCCCC(OP(=O)(O)O)=S1C(C)(C)C[N+](C)(C)C1(OC(C)=O)c1ccccc1. The largest absolute Gasteiger partial charge is 0.474 e. The van der Waals surface area contributed by atoms with Crippen LogP contribution in [0.4, 0.5) is 0 Å². The highest BCUT2D eigenvalue weighted by atomic mass is 32.2. The van der Waals surface area contributed by atoms with Gasteiger partial charge in [0.2, 0.25) is 0 Å². The van der Waals surface area contributed by atoms with Crippen molar-refractivity contribution in [2.24, 2.45) is 0 Å². The number of benzene rings is 1. The molecule has 45 heavy (non-hydrogen) atoms. The summed E-state index contributed by atoms with van der Waals surface area (Å²) in [6.07, 6.45) is 19.2. The zero-order valence-corrected chi connectivity index (χ0v) is 30.8. The summed E-state index contributed by atoms with van der Waals surface area (Å²) >= 11 is 0. The Morgan fingerprint density at radius 3 is 1.82 bits per heavy atom. The number of esters is 1. The van der Waals surface area contributed by atoms with Crippen LogP contribution in [0.2, 0.25) is 0 Å². The number of phosphoric ester groups is 1. The predicted octanol–water partition coefficient (Wildman–Crippen LogP) is 9.01. The Balaban J connectivity index is 1.92. The van der Waals surface area contributed by atoms with Crippen LogP contribution in [0.25, 0.3) is 0 Å². The molecule has 0 spiro atoms. The van der Waals surface area contributed by atoms with Crippen molar-refractivity contribution in [3.8, 4) is 0 Å². The maximum absolute atomic E-state index is 12.6. The molecule has 0 saturated carbocycles. The third-order valence-electron chi connectivity index (χ3n) is 8.58. The first-order valence-electron chi connectivity index (χ1n) is 17.3. The molecular weight excluding hydrogens is 609 g/mol. The van der Waals surface area contributed by atoms with E-state index in [0.717, 1.165) is 18.4 Å². The summed E-state index contributed by atoms with van der Waals surface area (Å²) in [7, 11) is -1.87. The van der Waals surface area contributed by atoms with Crippen LogP contribution in [0.5, 0.6) is 0 Å². The summed E-state index contributed by atoms with van der Waals surface area (Å²) in [6.45, 7) is 9.51. The van der Waals surface area contributed by atoms with Crippen LogP contribution in [-0.2, 0) is 28.4 Å². The highest BCUT2D eigenvalue weighted by Crippen LogP contribution is 2.63. The van der Waals surface area contributed by atoms with E-state index in [-0.39, 0.29) is 5.05 Å². The van der Waals surface area contributed by atoms with E-state index in [4.69, 9.17) is 14.0 Å². The molecule has 2 rings (SSSR count). The molecule has 1 aliphatic rings. The highest BCUT2D eigenvalue weighted by molar-refractivity contribution is 8.17. The molecule has 0 amide bonds. The van der Waals surface area contributed by atoms with Crippen molar-refractivity contribution in [2.75, 3.05) is 33.9 Å². The second-order valence-electron chi connectivity index (χ2n) is 13.7. The zero-order valence-electron chi connectivity index (χ0n) is 29.1. The van der Waals surface area contributed by atoms with E-state index >= 15 is 0 Å². The minimum atomic E-state index is -4.87. The fourth-order valence-corrected chi connectivity index (χ4v) is 11.4. The average molecular weight is 673 g/mol. The number of rotatable bonds is 22. The number of quaternary nitrogens is 1. The fraction of sp³-hybridized carbons (Fsp3) is 0.771. The number of carbonyl (C=O) groups excluding carboxylic acids is 1. The summed E-state index contributed by atoms with van der Waals surface area (Å²) in [6, 6.07) is 9.51. The van der Waals surface area contributed by atoms with Gasteiger partial charge in [0, 0.05) is 26.6 Å². The molecule has 0 radical (unpaired) electrons. The molecule has 2 N–H and O–H groups in total. The molecule has 1 heterocycles. The summed E-state index contributed by atoms with van der Waals surface area (Å²) in [5.41, 5.74) is 0.778. The summed E-state index contributed by atoms with van der Waals surface area (Å²) in [5, 5.41) is -0.918. The second kappa shape index (κ2) is 19.7. The van der Waals surface area contributed by atoms with E-state index in [1.807, 2.05) is 44.4 Å². The topological polar surface area (TPSA) is 102 Å². The van der Waals surface area contributed by atoms with Gasteiger partial charge in [-0.3, -0.25) is 9.28 Å². The number of nitrogens with zero attached hydrogens (tertiary/aromatic N) is 1. The number of carbonyl (C=O) groups is 1. The normalized spacial score (nSPS) is 21.2. The van der Waals surface area contributed by atoms with E-state index in [9.17, 15) is 19.1 Å². The molecule has 2 unspecified atom stereocenters. The van der Waals surface area contributed by atoms with Gasteiger partial charge in [0.05, 0.1) is 36.0 Å². The molecule has 10 heteroatoms. The number of ether oxygens (including phenoxy) is 2. The van der Waals surface area contributed by atoms with Gasteiger partial charge in [-0.1, -0.05) is 109 Å². The predicted molar refractivity (Wildman–Crippen MR) is 187 cm³/mol. The van der Waals surface area contributed by atoms with Crippen molar-refractivity contribution >= 4 is 29.3 Å². The molecule has 1 aliphatic heterocycles. The average Bonchev–Trinajstić information content (AvgIpc) is 3.11. The second-order valence-corrected chi connectivity index (χ2v) is 17.6. The summed E-state index contributed by atoms with van der Waals surface area (Å²) < 4.78 is 29.7. The van der Waals surface area contributed by atoms with Crippen molar-refractivity contribution < 1.29 is 37.6 Å². The molecule has 260 valence electrons. The molecule has 2 atom stereocenters. The van der Waals surface area contributed by atoms with Gasteiger partial charge in [0.15, 0.2) is 0 Å². The number of unbranched alkanes of at least 4 members (excludes halogenated alkanes) is 13. The van der Waals surface area contributed by atoms with Gasteiger partial charge in [-0.15, -0.1) is 0 Å². The Kier molecular flexibility index (Phi) is 17.6. The minimum absolute atomic E-state index is 0.280. The van der Waals surface area contributed by atoms with Gasteiger partial charge in [-0.2, -0.15) is 0 Å². The first-order valence-corrected chi connectivity index (χ1v) is 20.0. The first kappa shape index (κ1) is 40.1. The van der Waals surface area contributed by atoms with Crippen molar-refractivity contribution in [1.29, 1.82) is 0 Å². The third kappa shape index (κ3) is 13.2. The molecular formula is C35H63NO7PS+. The quantitative estimate of drug-likeness (QED) is 0.0417. The zero-order chi connectivity index (χ0) is 33.4. The van der Waals surface area contributed by atoms with Crippen LogP contribution in [0.15, 0.2) is 30.3 Å². The van der Waals surface area contributed by atoms with Crippen LogP contribution in [-0.4, -0.2) is 63.9 Å². The van der Waals surface area contributed by atoms with Gasteiger partial charge in [0.1, 0.15) is 0 Å². The van der Waals surface area contributed by atoms with E-state index in [1.165, 1.54) is 84.0 Å². The maximum Gasteiger partial charge on any atom is 0.474 e. The monoisotopic (exact) mass is 672 g/mol. The van der Waals surface area contributed by atoms with E-state index in [1.54, 1.807) is 0 Å². The lowest BCUT2D eigenvalue weighted by Gasteiger charge is -2.42. The van der Waals surface area contributed by atoms with Crippen LogP contribution in [0, 0.1) is 0 Å². The molecule has 1 aromatic rings. The standard InChI is InChI=1S/C35H62NO7PS/c1-7-8-9-10-11-12-13-14-15-16-17-18-19-23-28-41-29-24-27-33(43-44(38,39)40)45-34(3,4)30-36(5,6)35(45,42-31(2)37)32-25-21-20-22-26-32/h20-22,25-26H,7-19,23-24,27-30H2,1-6H3,(H-,38,39,40)/p+1. The van der Waals surface area contributed by atoms with Crippen molar-refractivity contribution in [1.82, 2.24) is 0 Å². The van der Waals surface area contributed by atoms with Gasteiger partial charge < -0.3 is 19.3 Å². The number of phosphoric acid groups is 1. The number of hydrogen-bond donors (Lipinski definition) is 2. The first-order chi connectivity index (χ1) is 21.3. The lowest BCUT2D eigenvalue weighted by Crippen LogP contribution is -2.55. The Bertz CT molecular complexity index is 1090. The Labute approximate surface area is 276 Å². The maximum atomic E-state index is 12.6. The van der Waals surface area contributed by atoms with Gasteiger partial charge >= 0.3 is 18.8 Å². The van der Waals surface area contributed by atoms with Crippen LogP contribution < -0.4 is 0 Å². The van der Waals surface area contributed by atoms with Gasteiger partial charge in [-0.25, -0.2) is 9.09 Å². The van der Waals surface area contributed by atoms with Crippen LogP contribution in [0.3, 0.4) is 0 Å². The van der Waals surface area contributed by atoms with E-state index in [0.29, 0.717) is 37.1 Å². The van der Waals surface area contributed by atoms with E-state index in [2.05, 4.69) is 20.8 Å². The molecule has 8 nitrogen and oxygen atoms in total. The van der Waals surface area contributed by atoms with Gasteiger partial charge in [0.25, 0.3) is 0 Å². The Morgan fingerprint density at radius 1 is 0.844 bits per heavy atom. The third-order valence-corrected chi connectivity index (χ3v) is 12.5. The Morgan fingerprint density at radius 2 is 1.33 bits per heavy atom. The van der Waals surface area contributed by atoms with Crippen molar-refractivity contribution in [3.63, 3.8) is 0 Å². The summed E-state index contributed by atoms with van der Waals surface area (Å²) in [4.78, 5) is 32.5.